The van der Waals surface area contributed by atoms with E-state index in [0.717, 1.165) is 0 Å². The molecule has 2 aliphatic rings. The van der Waals surface area contributed by atoms with Gasteiger partial charge in [-0.1, -0.05) is 11.8 Å². The number of benzene rings is 1. The molecule has 1 aromatic carbocycles. The SMILES string of the molecule is CO[C@@H]1COC[C@@]2(c3cc(N)ccc3F)N=C(N(C(=O)O)C(C)(C)C)SC[C@H]12. The van der Waals surface area contributed by atoms with Gasteiger partial charge in [-0.2, -0.15) is 0 Å². The lowest BCUT2D eigenvalue weighted by Crippen LogP contribution is -2.57. The Bertz CT molecular complexity index is 798. The molecule has 0 bridgehead atoms. The van der Waals surface area contributed by atoms with Crippen molar-refractivity contribution in [2.24, 2.45) is 10.9 Å². The van der Waals surface area contributed by atoms with Crippen LogP contribution >= 0.6 is 11.8 Å². The number of halogens is 1. The molecule has 3 atom stereocenters. The number of fused-ring (bicyclic) bond motifs is 1. The smallest absolute Gasteiger partial charge is 0.413 e. The molecule has 7 nitrogen and oxygen atoms in total. The fourth-order valence-corrected chi connectivity index (χ4v) is 5.33. The summed E-state index contributed by atoms with van der Waals surface area (Å²) in [6.07, 6.45) is -1.40. The number of carboxylic acid groups (broad SMARTS) is 1. The van der Waals surface area contributed by atoms with Crippen LogP contribution in [0.25, 0.3) is 0 Å². The van der Waals surface area contributed by atoms with Gasteiger partial charge in [0, 0.05) is 35.6 Å². The number of hydrogen-bond acceptors (Lipinski definition) is 6. The molecule has 0 aromatic heterocycles. The molecule has 0 unspecified atom stereocenters. The predicted molar refractivity (Wildman–Crippen MR) is 107 cm³/mol. The monoisotopic (exact) mass is 411 g/mol. The fourth-order valence-electron chi connectivity index (χ4n) is 3.80. The van der Waals surface area contributed by atoms with Gasteiger partial charge in [-0.3, -0.25) is 4.90 Å². The van der Waals surface area contributed by atoms with Gasteiger partial charge in [0.1, 0.15) is 11.4 Å². The summed E-state index contributed by atoms with van der Waals surface area (Å²) in [5.41, 5.74) is 4.82. The first kappa shape index (κ1) is 20.9. The highest BCUT2D eigenvalue weighted by molar-refractivity contribution is 8.13. The molecule has 0 spiro atoms. The van der Waals surface area contributed by atoms with Crippen LogP contribution < -0.4 is 5.73 Å². The lowest BCUT2D eigenvalue weighted by Gasteiger charge is -2.49. The molecule has 2 aliphatic heterocycles. The lowest BCUT2D eigenvalue weighted by molar-refractivity contribution is -0.102. The van der Waals surface area contributed by atoms with Gasteiger partial charge in [0.15, 0.2) is 5.17 Å². The zero-order valence-electron chi connectivity index (χ0n) is 16.4. The molecular weight excluding hydrogens is 385 g/mol. The quantitative estimate of drug-likeness (QED) is 0.726. The minimum Gasteiger partial charge on any atom is -0.465 e. The number of aliphatic imine (C=N–C) groups is 1. The summed E-state index contributed by atoms with van der Waals surface area (Å²) in [6, 6.07) is 4.36. The largest absolute Gasteiger partial charge is 0.465 e. The second-order valence-electron chi connectivity index (χ2n) is 8.05. The van der Waals surface area contributed by atoms with Crippen molar-refractivity contribution in [1.29, 1.82) is 0 Å². The van der Waals surface area contributed by atoms with Gasteiger partial charge in [-0.05, 0) is 39.0 Å². The molecule has 154 valence electrons. The minimum atomic E-state index is -1.11. The number of amidine groups is 1. The number of nitrogen functional groups attached to an aromatic ring is 1. The molecule has 9 heteroatoms. The number of carbonyl (C=O) groups is 1. The third-order valence-electron chi connectivity index (χ3n) is 5.17. The summed E-state index contributed by atoms with van der Waals surface area (Å²) in [4.78, 5) is 18.0. The van der Waals surface area contributed by atoms with Gasteiger partial charge in [0.05, 0.1) is 19.3 Å². The zero-order valence-corrected chi connectivity index (χ0v) is 17.3. The number of thioether (sulfide) groups is 1. The van der Waals surface area contributed by atoms with E-state index in [-0.39, 0.29) is 18.6 Å². The van der Waals surface area contributed by atoms with E-state index in [2.05, 4.69) is 0 Å². The first-order valence-corrected chi connectivity index (χ1v) is 10.0. The van der Waals surface area contributed by atoms with Crippen molar-refractivity contribution < 1.29 is 23.8 Å². The topological polar surface area (TPSA) is 97.4 Å². The summed E-state index contributed by atoms with van der Waals surface area (Å²) >= 11 is 1.34. The molecule has 1 amide bonds. The Morgan fingerprint density at radius 1 is 1.50 bits per heavy atom. The number of hydrogen-bond donors (Lipinski definition) is 2. The maximum atomic E-state index is 14.9. The molecule has 0 saturated carbocycles. The van der Waals surface area contributed by atoms with E-state index in [1.165, 1.54) is 28.8 Å². The molecule has 3 N–H and O–H groups in total. The number of amides is 1. The summed E-state index contributed by atoms with van der Waals surface area (Å²) < 4.78 is 26.3. The van der Waals surface area contributed by atoms with Crippen molar-refractivity contribution in [3.63, 3.8) is 0 Å². The van der Waals surface area contributed by atoms with Crippen molar-refractivity contribution in [1.82, 2.24) is 4.90 Å². The van der Waals surface area contributed by atoms with Gasteiger partial charge in [0.25, 0.3) is 0 Å². The molecule has 28 heavy (non-hydrogen) atoms. The first-order chi connectivity index (χ1) is 13.1. The van der Waals surface area contributed by atoms with Crippen LogP contribution in [0.2, 0.25) is 0 Å². The molecule has 0 aliphatic carbocycles. The number of nitrogens with zero attached hydrogens (tertiary/aromatic N) is 2. The second-order valence-corrected chi connectivity index (χ2v) is 9.04. The number of rotatable bonds is 2. The number of anilines is 1. The number of methoxy groups -OCH3 is 1. The van der Waals surface area contributed by atoms with Crippen molar-refractivity contribution >= 4 is 28.7 Å². The summed E-state index contributed by atoms with van der Waals surface area (Å²) in [5, 5.41) is 10.1. The molecular formula is C19H26FN3O4S. The number of ether oxygens (including phenoxy) is 2. The van der Waals surface area contributed by atoms with Gasteiger partial charge in [-0.15, -0.1) is 0 Å². The molecule has 3 rings (SSSR count). The Kier molecular flexibility index (Phi) is 5.62. The van der Waals surface area contributed by atoms with Crippen LogP contribution in [0.3, 0.4) is 0 Å². The highest BCUT2D eigenvalue weighted by Gasteiger charge is 2.53. The molecule has 1 aromatic rings. The Morgan fingerprint density at radius 2 is 2.21 bits per heavy atom. The fraction of sp³-hybridized carbons (Fsp3) is 0.579. The van der Waals surface area contributed by atoms with Crippen LogP contribution in [0.4, 0.5) is 14.9 Å². The van der Waals surface area contributed by atoms with E-state index in [4.69, 9.17) is 20.2 Å². The van der Waals surface area contributed by atoms with Crippen LogP contribution in [0.1, 0.15) is 26.3 Å². The lowest BCUT2D eigenvalue weighted by atomic mass is 9.75. The van der Waals surface area contributed by atoms with Crippen molar-refractivity contribution in [2.75, 3.05) is 31.8 Å². The Hall–Kier alpha value is -1.84. The van der Waals surface area contributed by atoms with Gasteiger partial charge in [-0.25, -0.2) is 14.2 Å². The van der Waals surface area contributed by atoms with E-state index in [1.807, 2.05) is 0 Å². The average Bonchev–Trinajstić information content (AvgIpc) is 2.61. The van der Waals surface area contributed by atoms with Gasteiger partial charge < -0.3 is 20.3 Å². The maximum Gasteiger partial charge on any atom is 0.413 e. The van der Waals surface area contributed by atoms with Crippen LogP contribution in [-0.4, -0.2) is 59.0 Å². The third-order valence-corrected chi connectivity index (χ3v) is 6.22. The summed E-state index contributed by atoms with van der Waals surface area (Å²) in [5.74, 6) is -0.117. The normalized spacial score (nSPS) is 27.7. The third kappa shape index (κ3) is 3.58. The molecule has 2 heterocycles. The van der Waals surface area contributed by atoms with Crippen LogP contribution in [0, 0.1) is 11.7 Å². The molecule has 1 fully saturated rings. The van der Waals surface area contributed by atoms with E-state index < -0.39 is 23.0 Å². The average molecular weight is 411 g/mol. The number of nitrogens with two attached hydrogens (primary N) is 1. The van der Waals surface area contributed by atoms with Crippen LogP contribution in [0.15, 0.2) is 23.2 Å². The van der Waals surface area contributed by atoms with Crippen LogP contribution in [-0.2, 0) is 15.0 Å². The Balaban J connectivity index is 2.21. The van der Waals surface area contributed by atoms with E-state index in [0.29, 0.717) is 28.8 Å². The van der Waals surface area contributed by atoms with Crippen molar-refractivity contribution in [3.8, 4) is 0 Å². The first-order valence-electron chi connectivity index (χ1n) is 9.02. The van der Waals surface area contributed by atoms with Gasteiger partial charge in [0.2, 0.25) is 0 Å². The summed E-state index contributed by atoms with van der Waals surface area (Å²) in [7, 11) is 1.59. The molecule has 1 saturated heterocycles. The van der Waals surface area contributed by atoms with Crippen molar-refractivity contribution in [3.05, 3.63) is 29.6 Å². The molecule has 0 radical (unpaired) electrons. The standard InChI is InChI=1S/C19H26FN3O4S/c1-18(2,3)23(17(24)25)16-22-19(12-7-11(21)5-6-14(12)20)10-27-8-15(26-4)13(19)9-28-16/h5-7,13,15H,8-10,21H2,1-4H3,(H,24,25)/t13-,15-,19+/m1/s1. The zero-order chi connectivity index (χ0) is 20.7. The highest BCUT2D eigenvalue weighted by Crippen LogP contribution is 2.47. The van der Waals surface area contributed by atoms with E-state index in [1.54, 1.807) is 33.9 Å². The minimum absolute atomic E-state index is 0.125. The van der Waals surface area contributed by atoms with E-state index >= 15 is 0 Å². The van der Waals surface area contributed by atoms with E-state index in [9.17, 15) is 14.3 Å². The second kappa shape index (κ2) is 7.53. The Labute approximate surface area is 168 Å². The highest BCUT2D eigenvalue weighted by atomic mass is 32.2. The summed E-state index contributed by atoms with van der Waals surface area (Å²) in [6.45, 7) is 5.87. The van der Waals surface area contributed by atoms with Crippen molar-refractivity contribution in [2.45, 2.75) is 38.0 Å². The predicted octanol–water partition coefficient (Wildman–Crippen LogP) is 3.15. The Morgan fingerprint density at radius 3 is 2.82 bits per heavy atom. The van der Waals surface area contributed by atoms with Gasteiger partial charge >= 0.3 is 6.09 Å². The maximum absolute atomic E-state index is 14.9. The van der Waals surface area contributed by atoms with Crippen LogP contribution in [0.5, 0.6) is 0 Å².